The lowest BCUT2D eigenvalue weighted by atomic mass is 9.93. The van der Waals surface area contributed by atoms with Crippen molar-refractivity contribution in [3.05, 3.63) is 51.9 Å². The molecule has 1 aromatic carbocycles. The Balaban J connectivity index is 1.86. The summed E-state index contributed by atoms with van der Waals surface area (Å²) in [6.07, 6.45) is 5.21. The van der Waals surface area contributed by atoms with E-state index in [9.17, 15) is 0 Å². The van der Waals surface area contributed by atoms with Crippen LogP contribution in [0.1, 0.15) is 35.8 Å². The van der Waals surface area contributed by atoms with Gasteiger partial charge in [-0.15, -0.1) is 0 Å². The molecule has 0 saturated heterocycles. The van der Waals surface area contributed by atoms with Crippen LogP contribution < -0.4 is 5.32 Å². The average Bonchev–Trinajstić information content (AvgIpc) is 2.82. The van der Waals surface area contributed by atoms with Crippen molar-refractivity contribution in [1.82, 2.24) is 0 Å². The second-order valence-corrected chi connectivity index (χ2v) is 5.73. The first-order valence-corrected chi connectivity index (χ1v) is 7.12. The smallest absolute Gasteiger partial charge is 0.109 e. The van der Waals surface area contributed by atoms with Crippen molar-refractivity contribution in [2.24, 2.45) is 0 Å². The molecular formula is C15H16BrNO. The van der Waals surface area contributed by atoms with Gasteiger partial charge in [-0.1, -0.05) is 6.07 Å². The molecule has 94 valence electrons. The third-order valence-electron chi connectivity index (χ3n) is 3.51. The molecule has 0 amide bonds. The monoisotopic (exact) mass is 305 g/mol. The molecule has 0 spiro atoms. The highest BCUT2D eigenvalue weighted by Crippen LogP contribution is 2.35. The van der Waals surface area contributed by atoms with Crippen molar-refractivity contribution in [1.29, 1.82) is 0 Å². The Morgan fingerprint density at radius 2 is 2.22 bits per heavy atom. The molecule has 2 aromatic rings. The molecule has 18 heavy (non-hydrogen) atoms. The quantitative estimate of drug-likeness (QED) is 0.859. The first-order valence-electron chi connectivity index (χ1n) is 6.33. The molecule has 1 aliphatic carbocycles. The second kappa shape index (κ2) is 4.81. The number of halogens is 1. The SMILES string of the molecule is Cc1ccc(NC2CCCc3occc32)c(Br)c1. The van der Waals surface area contributed by atoms with Crippen molar-refractivity contribution in [3.63, 3.8) is 0 Å². The van der Waals surface area contributed by atoms with Gasteiger partial charge < -0.3 is 9.73 Å². The molecule has 1 aliphatic rings. The van der Waals surface area contributed by atoms with E-state index in [4.69, 9.17) is 4.42 Å². The average molecular weight is 306 g/mol. The van der Waals surface area contributed by atoms with Crippen molar-refractivity contribution in [2.75, 3.05) is 5.32 Å². The van der Waals surface area contributed by atoms with E-state index in [0.717, 1.165) is 28.8 Å². The molecule has 0 aliphatic heterocycles. The fourth-order valence-corrected chi connectivity index (χ4v) is 3.17. The predicted octanol–water partition coefficient (Wildman–Crippen LogP) is 4.84. The largest absolute Gasteiger partial charge is 0.469 e. The normalized spacial score (nSPS) is 18.4. The lowest BCUT2D eigenvalue weighted by molar-refractivity contribution is 0.461. The van der Waals surface area contributed by atoms with Gasteiger partial charge in [-0.2, -0.15) is 0 Å². The molecule has 1 N–H and O–H groups in total. The predicted molar refractivity (Wildman–Crippen MR) is 76.9 cm³/mol. The minimum Gasteiger partial charge on any atom is -0.469 e. The zero-order valence-electron chi connectivity index (χ0n) is 10.4. The molecule has 2 nitrogen and oxygen atoms in total. The standard InChI is InChI=1S/C15H16BrNO/c1-10-5-6-14(12(16)9-10)17-13-3-2-4-15-11(13)7-8-18-15/h5-9,13,17H,2-4H2,1H3. The first-order chi connectivity index (χ1) is 8.74. The molecule has 1 atom stereocenters. The number of hydrogen-bond donors (Lipinski definition) is 1. The van der Waals surface area contributed by atoms with Crippen LogP contribution in [0.4, 0.5) is 5.69 Å². The lowest BCUT2D eigenvalue weighted by Gasteiger charge is -2.24. The number of fused-ring (bicyclic) bond motifs is 1. The first kappa shape index (κ1) is 11.8. The highest BCUT2D eigenvalue weighted by Gasteiger charge is 2.22. The Morgan fingerprint density at radius 1 is 1.33 bits per heavy atom. The van der Waals surface area contributed by atoms with Gasteiger partial charge >= 0.3 is 0 Å². The van der Waals surface area contributed by atoms with E-state index < -0.39 is 0 Å². The third-order valence-corrected chi connectivity index (χ3v) is 4.16. The van der Waals surface area contributed by atoms with E-state index in [2.05, 4.69) is 52.4 Å². The molecule has 3 rings (SSSR count). The number of hydrogen-bond acceptors (Lipinski definition) is 2. The molecule has 1 unspecified atom stereocenters. The number of nitrogens with one attached hydrogen (secondary N) is 1. The Kier molecular flexibility index (Phi) is 3.16. The maximum absolute atomic E-state index is 5.52. The maximum Gasteiger partial charge on any atom is 0.109 e. The van der Waals surface area contributed by atoms with Gasteiger partial charge in [0.2, 0.25) is 0 Å². The van der Waals surface area contributed by atoms with Gasteiger partial charge in [0.25, 0.3) is 0 Å². The molecule has 1 aromatic heterocycles. The summed E-state index contributed by atoms with van der Waals surface area (Å²) in [4.78, 5) is 0. The Morgan fingerprint density at radius 3 is 3.06 bits per heavy atom. The van der Waals surface area contributed by atoms with Gasteiger partial charge in [0.15, 0.2) is 0 Å². The van der Waals surface area contributed by atoms with E-state index in [-0.39, 0.29) is 0 Å². The van der Waals surface area contributed by atoms with Crippen LogP contribution in [0.3, 0.4) is 0 Å². The van der Waals surface area contributed by atoms with Gasteiger partial charge in [0, 0.05) is 22.1 Å². The van der Waals surface area contributed by atoms with Crippen LogP contribution in [0.15, 0.2) is 39.4 Å². The maximum atomic E-state index is 5.52. The topological polar surface area (TPSA) is 25.2 Å². The van der Waals surface area contributed by atoms with Crippen LogP contribution in [0, 0.1) is 6.92 Å². The molecule has 0 saturated carbocycles. The summed E-state index contributed by atoms with van der Waals surface area (Å²) in [5.74, 6) is 1.14. The third kappa shape index (κ3) is 2.19. The molecule has 0 radical (unpaired) electrons. The summed E-state index contributed by atoms with van der Waals surface area (Å²) in [5.41, 5.74) is 3.73. The minimum absolute atomic E-state index is 0.367. The molecule has 0 bridgehead atoms. The van der Waals surface area contributed by atoms with Crippen molar-refractivity contribution in [2.45, 2.75) is 32.2 Å². The summed E-state index contributed by atoms with van der Waals surface area (Å²) in [6.45, 7) is 2.10. The number of furan rings is 1. The number of aryl methyl sites for hydroxylation is 2. The Bertz CT molecular complexity index is 561. The van der Waals surface area contributed by atoms with Crippen LogP contribution in [0.25, 0.3) is 0 Å². The number of anilines is 1. The lowest BCUT2D eigenvalue weighted by Crippen LogP contribution is -2.16. The van der Waals surface area contributed by atoms with Crippen LogP contribution >= 0.6 is 15.9 Å². The summed E-state index contributed by atoms with van der Waals surface area (Å²) >= 11 is 3.62. The van der Waals surface area contributed by atoms with E-state index in [1.165, 1.54) is 17.5 Å². The molecular weight excluding hydrogens is 290 g/mol. The summed E-state index contributed by atoms with van der Waals surface area (Å²) in [7, 11) is 0. The Labute approximate surface area is 116 Å². The zero-order valence-corrected chi connectivity index (χ0v) is 12.0. The van der Waals surface area contributed by atoms with Crippen LogP contribution in [0.5, 0.6) is 0 Å². The number of rotatable bonds is 2. The van der Waals surface area contributed by atoms with Crippen LogP contribution in [-0.4, -0.2) is 0 Å². The van der Waals surface area contributed by atoms with Crippen molar-refractivity contribution < 1.29 is 4.42 Å². The van der Waals surface area contributed by atoms with Crippen molar-refractivity contribution in [3.8, 4) is 0 Å². The van der Waals surface area contributed by atoms with Gasteiger partial charge in [-0.25, -0.2) is 0 Å². The fraction of sp³-hybridized carbons (Fsp3) is 0.333. The van der Waals surface area contributed by atoms with Gasteiger partial charge in [0.05, 0.1) is 12.3 Å². The fourth-order valence-electron chi connectivity index (χ4n) is 2.56. The van der Waals surface area contributed by atoms with Crippen molar-refractivity contribution >= 4 is 21.6 Å². The van der Waals surface area contributed by atoms with Crippen LogP contribution in [-0.2, 0) is 6.42 Å². The minimum atomic E-state index is 0.367. The second-order valence-electron chi connectivity index (χ2n) is 4.87. The van der Waals surface area contributed by atoms with E-state index in [1.807, 2.05) is 0 Å². The summed E-state index contributed by atoms with van der Waals surface area (Å²) < 4.78 is 6.64. The van der Waals surface area contributed by atoms with Gasteiger partial charge in [-0.05, 0) is 59.5 Å². The number of benzene rings is 1. The summed E-state index contributed by atoms with van der Waals surface area (Å²) in [5, 5.41) is 3.61. The van der Waals surface area contributed by atoms with E-state index in [1.54, 1.807) is 6.26 Å². The summed E-state index contributed by atoms with van der Waals surface area (Å²) in [6, 6.07) is 8.86. The molecule has 0 fully saturated rings. The Hall–Kier alpha value is -1.22. The van der Waals surface area contributed by atoms with Crippen LogP contribution in [0.2, 0.25) is 0 Å². The van der Waals surface area contributed by atoms with E-state index in [0.29, 0.717) is 6.04 Å². The molecule has 3 heteroatoms. The molecule has 1 heterocycles. The van der Waals surface area contributed by atoms with E-state index >= 15 is 0 Å². The highest BCUT2D eigenvalue weighted by molar-refractivity contribution is 9.10. The highest BCUT2D eigenvalue weighted by atomic mass is 79.9. The van der Waals surface area contributed by atoms with Gasteiger partial charge in [0.1, 0.15) is 5.76 Å². The van der Waals surface area contributed by atoms with Gasteiger partial charge in [-0.3, -0.25) is 0 Å². The zero-order chi connectivity index (χ0) is 12.5.